The van der Waals surface area contributed by atoms with Gasteiger partial charge in [-0.25, -0.2) is 4.98 Å². The zero-order valence-corrected chi connectivity index (χ0v) is 15.5. The summed E-state index contributed by atoms with van der Waals surface area (Å²) in [6.07, 6.45) is 7.10. The van der Waals surface area contributed by atoms with Crippen LogP contribution in [-0.4, -0.2) is 45.9 Å². The SMILES string of the molecule is CCC(=O)N1CCCC1C1CCCN1Cc1ncc(C(C)(C)C)o1. The first kappa shape index (κ1) is 17.5. The van der Waals surface area contributed by atoms with Crippen LogP contribution in [0.4, 0.5) is 0 Å². The minimum atomic E-state index is -0.00847. The van der Waals surface area contributed by atoms with Crippen molar-refractivity contribution in [2.75, 3.05) is 13.1 Å². The van der Waals surface area contributed by atoms with Crippen molar-refractivity contribution >= 4 is 5.91 Å². The Hall–Kier alpha value is -1.36. The van der Waals surface area contributed by atoms with Crippen LogP contribution in [0.15, 0.2) is 10.6 Å². The molecule has 1 aromatic heterocycles. The number of nitrogens with zero attached hydrogens (tertiary/aromatic N) is 3. The zero-order valence-electron chi connectivity index (χ0n) is 15.5. The van der Waals surface area contributed by atoms with Gasteiger partial charge in [0.2, 0.25) is 11.8 Å². The van der Waals surface area contributed by atoms with E-state index < -0.39 is 0 Å². The van der Waals surface area contributed by atoms with Crippen LogP contribution in [0.2, 0.25) is 0 Å². The molecule has 3 rings (SSSR count). The summed E-state index contributed by atoms with van der Waals surface area (Å²) >= 11 is 0. The molecule has 5 nitrogen and oxygen atoms in total. The van der Waals surface area contributed by atoms with Gasteiger partial charge in [0.1, 0.15) is 5.76 Å². The standard InChI is InChI=1S/C19H31N3O2/c1-5-18(23)22-11-7-9-15(22)14-8-6-10-21(14)13-17-20-12-16(24-17)19(2,3)4/h12,14-15H,5-11,13H2,1-4H3. The highest BCUT2D eigenvalue weighted by Gasteiger charge is 2.39. The molecule has 0 bridgehead atoms. The molecular weight excluding hydrogens is 302 g/mol. The molecule has 2 fully saturated rings. The van der Waals surface area contributed by atoms with Crippen LogP contribution >= 0.6 is 0 Å². The summed E-state index contributed by atoms with van der Waals surface area (Å²) in [5.74, 6) is 2.05. The zero-order chi connectivity index (χ0) is 17.3. The molecule has 5 heteroatoms. The van der Waals surface area contributed by atoms with Crippen LogP contribution in [0.1, 0.15) is 71.5 Å². The summed E-state index contributed by atoms with van der Waals surface area (Å²) in [5, 5.41) is 0. The Bertz CT molecular complexity index is 575. The van der Waals surface area contributed by atoms with Gasteiger partial charge in [-0.2, -0.15) is 0 Å². The summed E-state index contributed by atoms with van der Waals surface area (Å²) < 4.78 is 5.98. The summed E-state index contributed by atoms with van der Waals surface area (Å²) in [5.41, 5.74) is -0.00847. The lowest BCUT2D eigenvalue weighted by molar-refractivity contribution is -0.132. The summed E-state index contributed by atoms with van der Waals surface area (Å²) in [6, 6.07) is 0.824. The maximum atomic E-state index is 12.2. The van der Waals surface area contributed by atoms with E-state index in [9.17, 15) is 4.79 Å². The fourth-order valence-corrected chi connectivity index (χ4v) is 4.09. The second-order valence-electron chi connectivity index (χ2n) is 8.20. The average Bonchev–Trinajstić information content (AvgIpc) is 3.25. The maximum absolute atomic E-state index is 12.2. The molecule has 24 heavy (non-hydrogen) atoms. The highest BCUT2D eigenvalue weighted by Crippen LogP contribution is 2.32. The quantitative estimate of drug-likeness (QED) is 0.848. The van der Waals surface area contributed by atoms with Crippen molar-refractivity contribution in [3.8, 4) is 0 Å². The Morgan fingerprint density at radius 2 is 1.96 bits per heavy atom. The van der Waals surface area contributed by atoms with Crippen LogP contribution in [0.3, 0.4) is 0 Å². The summed E-state index contributed by atoms with van der Waals surface area (Å²) in [7, 11) is 0. The Kier molecular flexibility index (Phi) is 5.00. The maximum Gasteiger partial charge on any atom is 0.222 e. The first-order valence-corrected chi connectivity index (χ1v) is 9.39. The van der Waals surface area contributed by atoms with Crippen LogP contribution in [0.25, 0.3) is 0 Å². The van der Waals surface area contributed by atoms with Gasteiger partial charge in [-0.05, 0) is 32.2 Å². The number of carbonyl (C=O) groups is 1. The molecule has 0 aliphatic carbocycles. The van der Waals surface area contributed by atoms with Crippen molar-refractivity contribution in [2.45, 2.75) is 83.8 Å². The number of likely N-dealkylation sites (tertiary alicyclic amines) is 2. The Balaban J connectivity index is 1.69. The molecule has 2 atom stereocenters. The van der Waals surface area contributed by atoms with Gasteiger partial charge < -0.3 is 9.32 Å². The van der Waals surface area contributed by atoms with Crippen molar-refractivity contribution in [2.24, 2.45) is 0 Å². The van der Waals surface area contributed by atoms with Crippen LogP contribution in [-0.2, 0) is 16.8 Å². The van der Waals surface area contributed by atoms with E-state index in [2.05, 4.69) is 35.6 Å². The molecule has 0 saturated carbocycles. The summed E-state index contributed by atoms with van der Waals surface area (Å²) in [4.78, 5) is 21.3. The third-order valence-electron chi connectivity index (χ3n) is 5.41. The topological polar surface area (TPSA) is 49.6 Å². The molecule has 0 radical (unpaired) electrons. The second kappa shape index (κ2) is 6.87. The van der Waals surface area contributed by atoms with Crippen molar-refractivity contribution in [3.63, 3.8) is 0 Å². The highest BCUT2D eigenvalue weighted by atomic mass is 16.4. The van der Waals surface area contributed by atoms with E-state index in [0.717, 1.165) is 44.1 Å². The van der Waals surface area contributed by atoms with Gasteiger partial charge in [-0.1, -0.05) is 27.7 Å². The molecule has 2 aliphatic rings. The minimum Gasteiger partial charge on any atom is -0.444 e. The van der Waals surface area contributed by atoms with Crippen molar-refractivity contribution < 1.29 is 9.21 Å². The van der Waals surface area contributed by atoms with Crippen LogP contribution in [0, 0.1) is 0 Å². The second-order valence-corrected chi connectivity index (χ2v) is 8.20. The van der Waals surface area contributed by atoms with E-state index in [1.807, 2.05) is 13.1 Å². The molecule has 3 heterocycles. The lowest BCUT2D eigenvalue weighted by Gasteiger charge is -2.34. The van der Waals surface area contributed by atoms with Crippen LogP contribution < -0.4 is 0 Å². The number of amides is 1. The lowest BCUT2D eigenvalue weighted by Crippen LogP contribution is -2.47. The van der Waals surface area contributed by atoms with Crippen molar-refractivity contribution in [1.29, 1.82) is 0 Å². The first-order chi connectivity index (χ1) is 11.4. The number of aromatic nitrogens is 1. The average molecular weight is 333 g/mol. The fourth-order valence-electron chi connectivity index (χ4n) is 4.09. The number of hydrogen-bond acceptors (Lipinski definition) is 4. The van der Waals surface area contributed by atoms with E-state index in [-0.39, 0.29) is 5.41 Å². The molecule has 0 N–H and O–H groups in total. The van der Waals surface area contributed by atoms with Gasteiger partial charge in [-0.3, -0.25) is 9.69 Å². The molecular formula is C19H31N3O2. The predicted octanol–water partition coefficient (Wildman–Crippen LogP) is 3.34. The number of carbonyl (C=O) groups excluding carboxylic acids is 1. The third-order valence-corrected chi connectivity index (χ3v) is 5.41. The molecule has 134 valence electrons. The van der Waals surface area contributed by atoms with Gasteiger partial charge in [0.05, 0.1) is 12.7 Å². The van der Waals surface area contributed by atoms with Gasteiger partial charge in [0.25, 0.3) is 0 Å². The number of hydrogen-bond donors (Lipinski definition) is 0. The largest absolute Gasteiger partial charge is 0.444 e. The monoisotopic (exact) mass is 333 g/mol. The molecule has 0 spiro atoms. The Morgan fingerprint density at radius 3 is 2.62 bits per heavy atom. The Labute approximate surface area is 145 Å². The Morgan fingerprint density at radius 1 is 1.25 bits per heavy atom. The smallest absolute Gasteiger partial charge is 0.222 e. The van der Waals surface area contributed by atoms with Crippen LogP contribution in [0.5, 0.6) is 0 Å². The first-order valence-electron chi connectivity index (χ1n) is 9.39. The van der Waals surface area contributed by atoms with Crippen molar-refractivity contribution in [3.05, 3.63) is 17.8 Å². The van der Waals surface area contributed by atoms with Gasteiger partial charge in [0, 0.05) is 30.5 Å². The molecule has 1 amide bonds. The molecule has 1 aromatic rings. The minimum absolute atomic E-state index is 0.00847. The lowest BCUT2D eigenvalue weighted by atomic mass is 9.94. The van der Waals surface area contributed by atoms with E-state index in [0.29, 0.717) is 24.4 Å². The van der Waals surface area contributed by atoms with E-state index >= 15 is 0 Å². The van der Waals surface area contributed by atoms with Crippen molar-refractivity contribution in [1.82, 2.24) is 14.8 Å². The highest BCUT2D eigenvalue weighted by molar-refractivity contribution is 5.76. The van der Waals surface area contributed by atoms with E-state index in [1.165, 1.54) is 12.8 Å². The van der Waals surface area contributed by atoms with E-state index in [4.69, 9.17) is 4.42 Å². The number of oxazole rings is 1. The molecule has 2 unspecified atom stereocenters. The molecule has 2 aliphatic heterocycles. The van der Waals surface area contributed by atoms with Gasteiger partial charge in [0.15, 0.2) is 0 Å². The molecule has 2 saturated heterocycles. The van der Waals surface area contributed by atoms with Gasteiger partial charge in [-0.15, -0.1) is 0 Å². The summed E-state index contributed by atoms with van der Waals surface area (Å²) in [6.45, 7) is 11.1. The van der Waals surface area contributed by atoms with E-state index in [1.54, 1.807) is 0 Å². The predicted molar refractivity (Wildman–Crippen MR) is 93.7 cm³/mol. The van der Waals surface area contributed by atoms with Gasteiger partial charge >= 0.3 is 0 Å². The molecule has 0 aromatic carbocycles. The fraction of sp³-hybridized carbons (Fsp3) is 0.789. The number of rotatable bonds is 4. The third kappa shape index (κ3) is 3.51. The normalized spacial score (nSPS) is 25.6.